The van der Waals surface area contributed by atoms with Gasteiger partial charge in [-0.25, -0.2) is 4.98 Å². The van der Waals surface area contributed by atoms with Gasteiger partial charge >= 0.3 is 0 Å². The quantitative estimate of drug-likeness (QED) is 0.689. The van der Waals surface area contributed by atoms with E-state index in [1.54, 1.807) is 4.57 Å². The minimum absolute atomic E-state index is 0.0790. The van der Waals surface area contributed by atoms with Crippen LogP contribution >= 0.6 is 0 Å². The van der Waals surface area contributed by atoms with Crippen LogP contribution in [0.5, 0.6) is 0 Å². The minimum Gasteiger partial charge on any atom is -0.348 e. The molecule has 0 spiro atoms. The average Bonchev–Trinajstić information content (AvgIpc) is 2.71. The van der Waals surface area contributed by atoms with Gasteiger partial charge in [0.1, 0.15) is 0 Å². The summed E-state index contributed by atoms with van der Waals surface area (Å²) in [5.41, 5.74) is 4.24. The summed E-state index contributed by atoms with van der Waals surface area (Å²) in [4.78, 5) is 22.6. The van der Waals surface area contributed by atoms with Crippen molar-refractivity contribution in [3.8, 4) is 0 Å². The molecule has 0 N–H and O–H groups in total. The van der Waals surface area contributed by atoms with Crippen molar-refractivity contribution in [3.05, 3.63) is 93.4 Å². The van der Waals surface area contributed by atoms with E-state index in [0.29, 0.717) is 13.1 Å². The lowest BCUT2D eigenvalue weighted by molar-refractivity contribution is 0.241. The molecule has 0 saturated heterocycles. The predicted octanol–water partition coefficient (Wildman–Crippen LogP) is 2.92. The van der Waals surface area contributed by atoms with E-state index in [1.807, 2.05) is 55.4 Å². The zero-order valence-corrected chi connectivity index (χ0v) is 16.5. The van der Waals surface area contributed by atoms with Gasteiger partial charge in [0.25, 0.3) is 5.56 Å². The maximum absolute atomic E-state index is 13.4. The maximum atomic E-state index is 13.4. The van der Waals surface area contributed by atoms with Gasteiger partial charge in [-0.3, -0.25) is 14.3 Å². The van der Waals surface area contributed by atoms with Crippen LogP contribution in [-0.4, -0.2) is 35.1 Å². The van der Waals surface area contributed by atoms with Crippen LogP contribution in [0.25, 0.3) is 0 Å². The fourth-order valence-corrected chi connectivity index (χ4v) is 3.78. The molecule has 1 aliphatic rings. The van der Waals surface area contributed by atoms with Crippen molar-refractivity contribution in [2.45, 2.75) is 26.1 Å². The Kier molecular flexibility index (Phi) is 5.26. The fraction of sp³-hybridized carbons (Fsp3) is 0.304. The molecule has 1 aliphatic heterocycles. The highest BCUT2D eigenvalue weighted by Gasteiger charge is 2.24. The standard InChI is InChI=1S/C23H26N4O/c1-25(2)23-24-21-13-14-26(15-18-9-5-3-6-10-18)17-20(21)22(28)27(23)16-19-11-7-4-8-12-19/h3-12H,13-17H2,1-2H3. The van der Waals surface area contributed by atoms with Crippen LogP contribution in [-0.2, 0) is 26.1 Å². The first-order valence-corrected chi connectivity index (χ1v) is 9.72. The van der Waals surface area contributed by atoms with Crippen LogP contribution in [0.2, 0.25) is 0 Å². The number of rotatable bonds is 5. The van der Waals surface area contributed by atoms with Crippen molar-refractivity contribution in [1.29, 1.82) is 0 Å². The molecule has 5 nitrogen and oxygen atoms in total. The Bertz CT molecular complexity index is 996. The van der Waals surface area contributed by atoms with Crippen molar-refractivity contribution in [2.24, 2.45) is 0 Å². The molecule has 0 bridgehead atoms. The van der Waals surface area contributed by atoms with Crippen LogP contribution in [0.15, 0.2) is 65.5 Å². The summed E-state index contributed by atoms with van der Waals surface area (Å²) in [5.74, 6) is 0.726. The second-order valence-corrected chi connectivity index (χ2v) is 7.55. The molecule has 0 saturated carbocycles. The Labute approximate surface area is 165 Å². The average molecular weight is 374 g/mol. The SMILES string of the molecule is CN(C)c1nc2c(c(=O)n1Cc1ccccc1)CN(Cc1ccccc1)CC2. The lowest BCUT2D eigenvalue weighted by Gasteiger charge is -2.29. The van der Waals surface area contributed by atoms with E-state index < -0.39 is 0 Å². The summed E-state index contributed by atoms with van der Waals surface area (Å²) < 4.78 is 1.81. The highest BCUT2D eigenvalue weighted by Crippen LogP contribution is 2.20. The second kappa shape index (κ2) is 7.98. The summed E-state index contributed by atoms with van der Waals surface area (Å²) in [5, 5.41) is 0. The van der Waals surface area contributed by atoms with E-state index in [0.717, 1.165) is 42.3 Å². The smallest absolute Gasteiger partial charge is 0.259 e. The molecule has 0 radical (unpaired) electrons. The summed E-state index contributed by atoms with van der Waals surface area (Å²) in [6.07, 6.45) is 0.810. The largest absolute Gasteiger partial charge is 0.348 e. The van der Waals surface area contributed by atoms with Crippen molar-refractivity contribution in [3.63, 3.8) is 0 Å². The van der Waals surface area contributed by atoms with Crippen LogP contribution < -0.4 is 10.5 Å². The molecule has 0 unspecified atom stereocenters. The van der Waals surface area contributed by atoms with Crippen LogP contribution in [0.3, 0.4) is 0 Å². The van der Waals surface area contributed by atoms with Crippen LogP contribution in [0, 0.1) is 0 Å². The van der Waals surface area contributed by atoms with E-state index in [9.17, 15) is 4.79 Å². The van der Waals surface area contributed by atoms with Crippen LogP contribution in [0.4, 0.5) is 5.95 Å². The van der Waals surface area contributed by atoms with E-state index in [4.69, 9.17) is 4.98 Å². The Balaban J connectivity index is 1.67. The first-order valence-electron chi connectivity index (χ1n) is 9.72. The summed E-state index contributed by atoms with van der Waals surface area (Å²) in [6.45, 7) is 2.96. The number of benzene rings is 2. The monoisotopic (exact) mass is 374 g/mol. The lowest BCUT2D eigenvalue weighted by atomic mass is 10.1. The predicted molar refractivity (Wildman–Crippen MR) is 113 cm³/mol. The summed E-state index contributed by atoms with van der Waals surface area (Å²) in [7, 11) is 3.89. The minimum atomic E-state index is 0.0790. The Morgan fingerprint density at radius 1 is 0.929 bits per heavy atom. The number of aromatic nitrogens is 2. The van der Waals surface area contributed by atoms with Crippen LogP contribution in [0.1, 0.15) is 22.4 Å². The van der Waals surface area contributed by atoms with E-state index in [-0.39, 0.29) is 5.56 Å². The maximum Gasteiger partial charge on any atom is 0.259 e. The highest BCUT2D eigenvalue weighted by molar-refractivity contribution is 5.36. The van der Waals surface area contributed by atoms with Crippen molar-refractivity contribution < 1.29 is 0 Å². The zero-order chi connectivity index (χ0) is 19.5. The molecule has 0 aliphatic carbocycles. The van der Waals surface area contributed by atoms with E-state index >= 15 is 0 Å². The number of nitrogens with zero attached hydrogens (tertiary/aromatic N) is 4. The van der Waals surface area contributed by atoms with Gasteiger partial charge in [-0.05, 0) is 11.1 Å². The highest BCUT2D eigenvalue weighted by atomic mass is 16.1. The van der Waals surface area contributed by atoms with Gasteiger partial charge in [0.2, 0.25) is 5.95 Å². The van der Waals surface area contributed by atoms with Crippen molar-refractivity contribution >= 4 is 5.95 Å². The van der Waals surface area contributed by atoms with E-state index in [1.165, 1.54) is 5.56 Å². The van der Waals surface area contributed by atoms with Crippen molar-refractivity contribution in [2.75, 3.05) is 25.5 Å². The number of fused-ring (bicyclic) bond motifs is 1. The van der Waals surface area contributed by atoms with Gasteiger partial charge in [0.15, 0.2) is 0 Å². The first-order chi connectivity index (χ1) is 13.6. The molecule has 0 amide bonds. The first kappa shape index (κ1) is 18.4. The number of hydrogen-bond acceptors (Lipinski definition) is 4. The second-order valence-electron chi connectivity index (χ2n) is 7.55. The molecule has 2 aromatic carbocycles. The molecule has 0 atom stereocenters. The molecule has 144 valence electrons. The number of hydrogen-bond donors (Lipinski definition) is 0. The third-order valence-corrected chi connectivity index (χ3v) is 5.21. The van der Waals surface area contributed by atoms with E-state index in [2.05, 4.69) is 29.2 Å². The zero-order valence-electron chi connectivity index (χ0n) is 16.5. The topological polar surface area (TPSA) is 41.4 Å². The molecule has 4 rings (SSSR count). The molecule has 3 aromatic rings. The van der Waals surface area contributed by atoms with Gasteiger partial charge in [0, 0.05) is 40.2 Å². The third kappa shape index (κ3) is 3.85. The third-order valence-electron chi connectivity index (χ3n) is 5.21. The Morgan fingerprint density at radius 3 is 2.14 bits per heavy atom. The number of anilines is 1. The fourth-order valence-electron chi connectivity index (χ4n) is 3.78. The molecule has 0 fully saturated rings. The Hall–Kier alpha value is -2.92. The Morgan fingerprint density at radius 2 is 1.54 bits per heavy atom. The normalized spacial score (nSPS) is 13.9. The van der Waals surface area contributed by atoms with Gasteiger partial charge in [-0.2, -0.15) is 0 Å². The summed E-state index contributed by atoms with van der Waals surface area (Å²) in [6, 6.07) is 20.5. The summed E-state index contributed by atoms with van der Waals surface area (Å²) >= 11 is 0. The van der Waals surface area contributed by atoms with Gasteiger partial charge in [-0.15, -0.1) is 0 Å². The van der Waals surface area contributed by atoms with Gasteiger partial charge in [-0.1, -0.05) is 60.7 Å². The molecule has 5 heteroatoms. The molecular formula is C23H26N4O. The molecular weight excluding hydrogens is 348 g/mol. The van der Waals surface area contributed by atoms with Crippen molar-refractivity contribution in [1.82, 2.24) is 14.5 Å². The molecule has 2 heterocycles. The lowest BCUT2D eigenvalue weighted by Crippen LogP contribution is -2.39. The molecule has 1 aromatic heterocycles. The van der Waals surface area contributed by atoms with Gasteiger partial charge in [0.05, 0.1) is 17.8 Å². The van der Waals surface area contributed by atoms with Gasteiger partial charge < -0.3 is 4.90 Å². The molecule has 28 heavy (non-hydrogen) atoms.